The molecule has 0 aliphatic carbocycles. The summed E-state index contributed by atoms with van der Waals surface area (Å²) in [6.07, 6.45) is 1.30. The number of benzene rings is 3. The molecule has 2 N–H and O–H groups in total. The first kappa shape index (κ1) is 27.4. The number of para-hydroxylation sites is 1. The first-order valence-electron chi connectivity index (χ1n) is 15.0. The molecule has 2 saturated heterocycles. The number of urea groups is 1. The Hall–Kier alpha value is -4.47. The van der Waals surface area contributed by atoms with E-state index in [0.29, 0.717) is 24.2 Å². The van der Waals surface area contributed by atoms with E-state index in [4.69, 9.17) is 4.74 Å². The molecule has 0 radical (unpaired) electrons. The van der Waals surface area contributed by atoms with Crippen LogP contribution < -0.4 is 10.2 Å². The largest absolute Gasteiger partial charge is 0.379 e. The van der Waals surface area contributed by atoms with Gasteiger partial charge in [0.25, 0.3) is 11.8 Å². The molecule has 2 fully saturated rings. The fourth-order valence-corrected chi connectivity index (χ4v) is 6.72. The van der Waals surface area contributed by atoms with Gasteiger partial charge in [-0.15, -0.1) is 0 Å². The normalized spacial score (nSPS) is 20.4. The zero-order valence-electron chi connectivity index (χ0n) is 24.2. The standard InChI is InChI=1S/C34H35N5O4/c1-22-7-2-3-8-25(22)31-30-27(26-9-4-5-10-28(26)36-30)21-29-33(41)38(34(42)39(29)31)24-13-11-23(12-14-24)32(40)35-15-6-16-37-17-19-43-20-18-37/h2-5,7-14,29,31,36H,6,15-21H2,1H3,(H,35,40). The van der Waals surface area contributed by atoms with Gasteiger partial charge in [-0.2, -0.15) is 0 Å². The summed E-state index contributed by atoms with van der Waals surface area (Å²) in [5, 5.41) is 4.06. The number of fused-ring (bicyclic) bond motifs is 4. The van der Waals surface area contributed by atoms with E-state index < -0.39 is 12.1 Å². The lowest BCUT2D eigenvalue weighted by Gasteiger charge is -2.36. The van der Waals surface area contributed by atoms with E-state index in [1.807, 2.05) is 49.4 Å². The maximum absolute atomic E-state index is 14.1. The molecule has 7 rings (SSSR count). The van der Waals surface area contributed by atoms with Crippen LogP contribution in [-0.2, 0) is 16.0 Å². The lowest BCUT2D eigenvalue weighted by atomic mass is 9.87. The van der Waals surface area contributed by atoms with Crippen LogP contribution in [0.2, 0.25) is 0 Å². The number of anilines is 1. The Labute approximate surface area is 250 Å². The lowest BCUT2D eigenvalue weighted by molar-refractivity contribution is -0.120. The van der Waals surface area contributed by atoms with Crippen molar-refractivity contribution in [3.05, 3.63) is 101 Å². The van der Waals surface area contributed by atoms with Crippen molar-refractivity contribution < 1.29 is 19.1 Å². The van der Waals surface area contributed by atoms with Gasteiger partial charge in [0.05, 0.1) is 18.9 Å². The molecule has 4 amide bonds. The van der Waals surface area contributed by atoms with Crippen molar-refractivity contribution >= 4 is 34.4 Å². The Morgan fingerprint density at radius 1 is 0.977 bits per heavy atom. The van der Waals surface area contributed by atoms with Gasteiger partial charge in [-0.05, 0) is 66.9 Å². The summed E-state index contributed by atoms with van der Waals surface area (Å²) >= 11 is 0. The molecule has 4 aromatic rings. The zero-order valence-corrected chi connectivity index (χ0v) is 24.2. The number of aromatic nitrogens is 1. The second-order valence-electron chi connectivity index (χ2n) is 11.5. The number of hydrogen-bond acceptors (Lipinski definition) is 5. The number of hydrogen-bond donors (Lipinski definition) is 2. The number of rotatable bonds is 7. The van der Waals surface area contributed by atoms with E-state index in [1.165, 1.54) is 4.90 Å². The van der Waals surface area contributed by atoms with Crippen molar-refractivity contribution in [2.24, 2.45) is 0 Å². The predicted molar refractivity (Wildman–Crippen MR) is 164 cm³/mol. The molecule has 0 spiro atoms. The molecule has 9 nitrogen and oxygen atoms in total. The van der Waals surface area contributed by atoms with Crippen molar-refractivity contribution in [2.45, 2.75) is 31.8 Å². The van der Waals surface area contributed by atoms with Crippen LogP contribution in [0.25, 0.3) is 10.9 Å². The summed E-state index contributed by atoms with van der Waals surface area (Å²) in [5.41, 5.74) is 6.03. The molecule has 3 aromatic carbocycles. The Morgan fingerprint density at radius 3 is 2.51 bits per heavy atom. The van der Waals surface area contributed by atoms with E-state index in [2.05, 4.69) is 21.3 Å². The Balaban J connectivity index is 1.12. The highest BCUT2D eigenvalue weighted by Crippen LogP contribution is 2.45. The molecule has 0 bridgehead atoms. The Kier molecular flexibility index (Phi) is 7.20. The summed E-state index contributed by atoms with van der Waals surface area (Å²) in [4.78, 5) is 49.8. The first-order chi connectivity index (χ1) is 21.0. The zero-order chi connectivity index (χ0) is 29.5. The molecule has 3 aliphatic heterocycles. The number of H-pyrrole nitrogens is 1. The van der Waals surface area contributed by atoms with E-state index in [-0.39, 0.29) is 17.8 Å². The van der Waals surface area contributed by atoms with Gasteiger partial charge in [0.1, 0.15) is 12.1 Å². The van der Waals surface area contributed by atoms with Crippen LogP contribution in [0, 0.1) is 6.92 Å². The third kappa shape index (κ3) is 4.88. The first-order valence-corrected chi connectivity index (χ1v) is 15.0. The minimum absolute atomic E-state index is 0.171. The minimum atomic E-state index is -0.627. The number of imide groups is 1. The number of nitrogens with one attached hydrogen (secondary N) is 2. The molecule has 0 saturated carbocycles. The highest BCUT2D eigenvalue weighted by molar-refractivity contribution is 6.22. The number of morpholine rings is 1. The maximum Gasteiger partial charge on any atom is 0.332 e. The number of aryl methyl sites for hydroxylation is 1. The molecule has 220 valence electrons. The smallest absolute Gasteiger partial charge is 0.332 e. The van der Waals surface area contributed by atoms with Crippen LogP contribution in [0.1, 0.15) is 45.2 Å². The number of amides is 4. The summed E-state index contributed by atoms with van der Waals surface area (Å²) < 4.78 is 5.38. The highest BCUT2D eigenvalue weighted by atomic mass is 16.5. The third-order valence-corrected chi connectivity index (χ3v) is 8.96. The van der Waals surface area contributed by atoms with Gasteiger partial charge < -0.3 is 15.0 Å². The van der Waals surface area contributed by atoms with Crippen LogP contribution in [0.4, 0.5) is 10.5 Å². The van der Waals surface area contributed by atoms with Gasteiger partial charge in [0.2, 0.25) is 0 Å². The number of carbonyl (C=O) groups excluding carboxylic acids is 3. The van der Waals surface area contributed by atoms with Crippen molar-refractivity contribution in [1.82, 2.24) is 20.1 Å². The summed E-state index contributed by atoms with van der Waals surface area (Å²) in [5.74, 6) is -0.421. The van der Waals surface area contributed by atoms with Crippen molar-refractivity contribution in [1.29, 1.82) is 0 Å². The van der Waals surface area contributed by atoms with Gasteiger partial charge in [0.15, 0.2) is 0 Å². The number of ether oxygens (including phenoxy) is 1. The van der Waals surface area contributed by atoms with Gasteiger partial charge in [-0.3, -0.25) is 19.4 Å². The molecule has 3 aliphatic rings. The van der Waals surface area contributed by atoms with E-state index in [1.54, 1.807) is 29.2 Å². The molecular formula is C34H35N5O4. The number of carbonyl (C=O) groups is 3. The van der Waals surface area contributed by atoms with Crippen molar-refractivity contribution in [2.75, 3.05) is 44.3 Å². The average molecular weight is 578 g/mol. The molecule has 2 atom stereocenters. The van der Waals surface area contributed by atoms with E-state index >= 15 is 0 Å². The molecule has 2 unspecified atom stereocenters. The fraction of sp³-hybridized carbons (Fsp3) is 0.324. The molecule has 4 heterocycles. The summed E-state index contributed by atoms with van der Waals surface area (Å²) in [6.45, 7) is 6.90. The summed E-state index contributed by atoms with van der Waals surface area (Å²) in [6, 6.07) is 21.4. The monoisotopic (exact) mass is 577 g/mol. The van der Waals surface area contributed by atoms with Crippen LogP contribution in [0.5, 0.6) is 0 Å². The van der Waals surface area contributed by atoms with Gasteiger partial charge in [0, 0.05) is 48.2 Å². The number of nitrogens with zero attached hydrogens (tertiary/aromatic N) is 3. The molecular weight excluding hydrogens is 542 g/mol. The minimum Gasteiger partial charge on any atom is -0.379 e. The Morgan fingerprint density at radius 2 is 1.72 bits per heavy atom. The molecule has 43 heavy (non-hydrogen) atoms. The average Bonchev–Trinajstić information content (AvgIpc) is 3.53. The van der Waals surface area contributed by atoms with Crippen molar-refractivity contribution in [3.63, 3.8) is 0 Å². The highest BCUT2D eigenvalue weighted by Gasteiger charge is 2.53. The van der Waals surface area contributed by atoms with Crippen LogP contribution >= 0.6 is 0 Å². The second kappa shape index (κ2) is 11.3. The fourth-order valence-electron chi connectivity index (χ4n) is 6.72. The van der Waals surface area contributed by atoms with E-state index in [0.717, 1.165) is 72.6 Å². The SMILES string of the molecule is Cc1ccccc1C1c2[nH]c3ccccc3c2CC2C(=O)N(c3ccc(C(=O)NCCCN4CCOCC4)cc3)C(=O)N21. The lowest BCUT2D eigenvalue weighted by Crippen LogP contribution is -2.44. The maximum atomic E-state index is 14.1. The third-order valence-electron chi connectivity index (χ3n) is 8.96. The molecule has 1 aromatic heterocycles. The van der Waals surface area contributed by atoms with Crippen LogP contribution in [0.15, 0.2) is 72.8 Å². The van der Waals surface area contributed by atoms with Gasteiger partial charge in [-0.1, -0.05) is 42.5 Å². The second-order valence-corrected chi connectivity index (χ2v) is 11.5. The number of aromatic amines is 1. The van der Waals surface area contributed by atoms with E-state index in [9.17, 15) is 14.4 Å². The Bertz CT molecular complexity index is 1690. The predicted octanol–water partition coefficient (Wildman–Crippen LogP) is 4.41. The van der Waals surface area contributed by atoms with Gasteiger partial charge in [-0.25, -0.2) is 9.69 Å². The van der Waals surface area contributed by atoms with Crippen LogP contribution in [0.3, 0.4) is 0 Å². The van der Waals surface area contributed by atoms with Crippen LogP contribution in [-0.4, -0.2) is 78.1 Å². The quantitative estimate of drug-likeness (QED) is 0.251. The van der Waals surface area contributed by atoms with Gasteiger partial charge >= 0.3 is 6.03 Å². The molecule has 9 heteroatoms. The topological polar surface area (TPSA) is 98.0 Å². The summed E-state index contributed by atoms with van der Waals surface area (Å²) in [7, 11) is 0. The van der Waals surface area contributed by atoms with Crippen molar-refractivity contribution in [3.8, 4) is 0 Å².